The minimum atomic E-state index is -4.63. The number of aromatic nitrogens is 2. The minimum Gasteiger partial charge on any atom is -0.462 e. The number of alkyl halides is 3. The van der Waals surface area contributed by atoms with E-state index in [2.05, 4.69) is 10.3 Å². The van der Waals surface area contributed by atoms with Crippen molar-refractivity contribution in [3.8, 4) is 0 Å². The predicted octanol–water partition coefficient (Wildman–Crippen LogP) is 2.45. The zero-order valence-corrected chi connectivity index (χ0v) is 14.5. The zero-order chi connectivity index (χ0) is 19.5. The van der Waals surface area contributed by atoms with E-state index in [4.69, 9.17) is 4.74 Å². The van der Waals surface area contributed by atoms with Gasteiger partial charge in [-0.3, -0.25) is 9.59 Å². The lowest BCUT2D eigenvalue weighted by Gasteiger charge is -2.10. The summed E-state index contributed by atoms with van der Waals surface area (Å²) in [6.07, 6.45) is -4.06. The molecule has 2 aromatic heterocycles. The normalized spacial score (nSPS) is 11.3. The van der Waals surface area contributed by atoms with Gasteiger partial charge in [0.2, 0.25) is 5.91 Å². The fourth-order valence-electron chi connectivity index (χ4n) is 1.97. The largest absolute Gasteiger partial charge is 0.462 e. The molecule has 0 aliphatic heterocycles. The van der Waals surface area contributed by atoms with Crippen molar-refractivity contribution in [2.45, 2.75) is 26.6 Å². The molecule has 2 heterocycles. The van der Waals surface area contributed by atoms with Crippen LogP contribution in [0.2, 0.25) is 0 Å². The first-order valence-corrected chi connectivity index (χ1v) is 8.15. The lowest BCUT2D eigenvalue weighted by Crippen LogP contribution is -2.28. The molecule has 11 heteroatoms. The molecule has 1 amide bonds. The highest BCUT2D eigenvalue weighted by Crippen LogP contribution is 2.28. The summed E-state index contributed by atoms with van der Waals surface area (Å²) in [6, 6.07) is 1.38. The van der Waals surface area contributed by atoms with Crippen LogP contribution >= 0.6 is 11.3 Å². The van der Waals surface area contributed by atoms with Gasteiger partial charge in [-0.2, -0.15) is 13.2 Å². The number of carbonyl (C=O) groups is 2. The van der Waals surface area contributed by atoms with Crippen LogP contribution in [0.3, 0.4) is 0 Å². The Hall–Kier alpha value is -2.69. The second-order valence-electron chi connectivity index (χ2n) is 5.08. The lowest BCUT2D eigenvalue weighted by atomic mass is 10.3. The van der Waals surface area contributed by atoms with Crippen molar-refractivity contribution in [1.82, 2.24) is 9.55 Å². The van der Waals surface area contributed by atoms with E-state index in [0.717, 1.165) is 17.4 Å². The number of amides is 1. The first kappa shape index (κ1) is 19.6. The molecule has 0 atom stereocenters. The molecule has 0 saturated carbocycles. The fraction of sp³-hybridized carbons (Fsp3) is 0.333. The molecule has 0 spiro atoms. The highest BCUT2D eigenvalue weighted by atomic mass is 32.1. The minimum absolute atomic E-state index is 0.0792. The maximum Gasteiger partial charge on any atom is 0.417 e. The monoisotopic (exact) mass is 389 g/mol. The number of esters is 1. The van der Waals surface area contributed by atoms with Crippen LogP contribution in [0.15, 0.2) is 23.1 Å². The van der Waals surface area contributed by atoms with Crippen LogP contribution in [0.5, 0.6) is 0 Å². The zero-order valence-electron chi connectivity index (χ0n) is 13.7. The van der Waals surface area contributed by atoms with Crippen LogP contribution in [0.4, 0.5) is 18.3 Å². The number of hydrogen-bond acceptors (Lipinski definition) is 6. The molecule has 1 N–H and O–H groups in total. The average Bonchev–Trinajstić information content (AvgIpc) is 2.89. The van der Waals surface area contributed by atoms with Gasteiger partial charge in [-0.05, 0) is 19.9 Å². The highest BCUT2D eigenvalue weighted by Gasteiger charge is 2.31. The van der Waals surface area contributed by atoms with E-state index in [1.165, 1.54) is 0 Å². The highest BCUT2D eigenvalue weighted by molar-refractivity contribution is 7.17. The average molecular weight is 389 g/mol. The summed E-state index contributed by atoms with van der Waals surface area (Å²) in [6.45, 7) is 2.74. The van der Waals surface area contributed by atoms with E-state index in [-0.39, 0.29) is 16.6 Å². The van der Waals surface area contributed by atoms with Crippen molar-refractivity contribution in [1.29, 1.82) is 0 Å². The van der Waals surface area contributed by atoms with E-state index in [1.54, 1.807) is 13.8 Å². The summed E-state index contributed by atoms with van der Waals surface area (Å²) in [5.74, 6) is -1.34. The molecule has 140 valence electrons. The number of nitrogens with one attached hydrogen (secondary N) is 1. The van der Waals surface area contributed by atoms with Crippen molar-refractivity contribution in [2.24, 2.45) is 0 Å². The van der Waals surface area contributed by atoms with Crippen LogP contribution in [-0.2, 0) is 22.3 Å². The second-order valence-corrected chi connectivity index (χ2v) is 6.08. The number of nitrogens with zero attached hydrogens (tertiary/aromatic N) is 2. The van der Waals surface area contributed by atoms with Gasteiger partial charge in [-0.15, -0.1) is 0 Å². The molecule has 0 unspecified atom stereocenters. The summed E-state index contributed by atoms with van der Waals surface area (Å²) in [5, 5.41) is 2.43. The van der Waals surface area contributed by atoms with Crippen molar-refractivity contribution in [2.75, 3.05) is 11.9 Å². The first-order chi connectivity index (χ1) is 12.1. The smallest absolute Gasteiger partial charge is 0.417 e. The Balaban J connectivity index is 2.14. The lowest BCUT2D eigenvalue weighted by molar-refractivity contribution is -0.138. The summed E-state index contributed by atoms with van der Waals surface area (Å²) < 4.78 is 43.6. The third-order valence-electron chi connectivity index (χ3n) is 3.13. The van der Waals surface area contributed by atoms with Crippen LogP contribution in [0.25, 0.3) is 0 Å². The molecule has 0 aliphatic rings. The maximum atomic E-state index is 12.7. The Labute approximate surface area is 149 Å². The van der Waals surface area contributed by atoms with E-state index >= 15 is 0 Å². The maximum absolute atomic E-state index is 12.7. The third-order valence-corrected chi connectivity index (χ3v) is 4.18. The van der Waals surface area contributed by atoms with Gasteiger partial charge in [0, 0.05) is 12.3 Å². The molecule has 26 heavy (non-hydrogen) atoms. The first-order valence-electron chi connectivity index (χ1n) is 7.34. The van der Waals surface area contributed by atoms with Crippen LogP contribution in [0, 0.1) is 6.92 Å². The Morgan fingerprint density at radius 1 is 1.35 bits per heavy atom. The topological polar surface area (TPSA) is 90.3 Å². The molecule has 2 rings (SSSR count). The number of thiazole rings is 1. The van der Waals surface area contributed by atoms with Gasteiger partial charge in [0.25, 0.3) is 5.56 Å². The molecular formula is C15H14F3N3O4S. The predicted molar refractivity (Wildman–Crippen MR) is 87.1 cm³/mol. The Kier molecular flexibility index (Phi) is 5.80. The molecule has 0 saturated heterocycles. The SMILES string of the molecule is CCOC(=O)c1sc(NC(=O)Cn2cc(C(F)(F)F)ccc2=O)nc1C. The van der Waals surface area contributed by atoms with Crippen molar-refractivity contribution in [3.63, 3.8) is 0 Å². The summed E-state index contributed by atoms with van der Waals surface area (Å²) in [4.78, 5) is 39.6. The van der Waals surface area contributed by atoms with Gasteiger partial charge in [-0.1, -0.05) is 11.3 Å². The van der Waals surface area contributed by atoms with Gasteiger partial charge in [0.1, 0.15) is 11.4 Å². The van der Waals surface area contributed by atoms with E-state index < -0.39 is 35.7 Å². The molecule has 7 nitrogen and oxygen atoms in total. The van der Waals surface area contributed by atoms with Crippen LogP contribution < -0.4 is 10.9 Å². The Morgan fingerprint density at radius 3 is 2.65 bits per heavy atom. The Bertz CT molecular complexity index is 889. The molecule has 0 fully saturated rings. The molecule has 2 aromatic rings. The standard InChI is InChI=1S/C15H14F3N3O4S/c1-3-25-13(24)12-8(2)19-14(26-12)20-10(22)7-21-6-9(15(16,17)18)4-5-11(21)23/h4-6H,3,7H2,1-2H3,(H,19,20,22). The van der Waals surface area contributed by atoms with Crippen molar-refractivity contribution < 1.29 is 27.5 Å². The van der Waals surface area contributed by atoms with Crippen molar-refractivity contribution >= 4 is 28.3 Å². The summed E-state index contributed by atoms with van der Waals surface area (Å²) in [7, 11) is 0. The van der Waals surface area contributed by atoms with Crippen molar-refractivity contribution in [3.05, 3.63) is 44.8 Å². The van der Waals surface area contributed by atoms with E-state index in [0.29, 0.717) is 22.5 Å². The second kappa shape index (κ2) is 7.68. The van der Waals surface area contributed by atoms with Gasteiger partial charge in [0.05, 0.1) is 17.9 Å². The molecular weight excluding hydrogens is 375 g/mol. The third kappa shape index (κ3) is 4.69. The fourth-order valence-corrected chi connectivity index (χ4v) is 2.85. The molecule has 0 aromatic carbocycles. The number of halogens is 3. The number of pyridine rings is 1. The molecule has 0 aliphatic carbocycles. The number of aryl methyl sites for hydroxylation is 1. The number of ether oxygens (including phenoxy) is 1. The number of rotatable bonds is 5. The number of hydrogen-bond donors (Lipinski definition) is 1. The van der Waals surface area contributed by atoms with Crippen LogP contribution in [0.1, 0.15) is 27.9 Å². The number of carbonyl (C=O) groups excluding carboxylic acids is 2. The van der Waals surface area contributed by atoms with Gasteiger partial charge in [-0.25, -0.2) is 9.78 Å². The Morgan fingerprint density at radius 2 is 2.04 bits per heavy atom. The van der Waals surface area contributed by atoms with E-state index in [1.807, 2.05) is 0 Å². The summed E-state index contributed by atoms with van der Waals surface area (Å²) >= 11 is 0.873. The molecule has 0 bridgehead atoms. The van der Waals surface area contributed by atoms with Gasteiger partial charge < -0.3 is 14.6 Å². The summed E-state index contributed by atoms with van der Waals surface area (Å²) in [5.41, 5.74) is -1.45. The van der Waals surface area contributed by atoms with Crippen LogP contribution in [-0.4, -0.2) is 28.0 Å². The number of anilines is 1. The quantitative estimate of drug-likeness (QED) is 0.794. The van der Waals surface area contributed by atoms with Gasteiger partial charge in [0.15, 0.2) is 5.13 Å². The van der Waals surface area contributed by atoms with Gasteiger partial charge >= 0.3 is 12.1 Å². The van der Waals surface area contributed by atoms with E-state index in [9.17, 15) is 27.6 Å². The molecule has 0 radical (unpaired) electrons.